The Labute approximate surface area is 151 Å². The number of rotatable bonds is 5. The second-order valence-corrected chi connectivity index (χ2v) is 6.15. The summed E-state index contributed by atoms with van der Waals surface area (Å²) in [7, 11) is 0. The van der Waals surface area contributed by atoms with E-state index in [9.17, 15) is 4.79 Å². The third-order valence-corrected chi connectivity index (χ3v) is 4.27. The van der Waals surface area contributed by atoms with Crippen molar-refractivity contribution < 1.29 is 9.53 Å². The van der Waals surface area contributed by atoms with Gasteiger partial charge in [-0.05, 0) is 36.8 Å². The molecule has 1 saturated heterocycles. The van der Waals surface area contributed by atoms with Crippen molar-refractivity contribution in [1.29, 1.82) is 5.26 Å². The highest BCUT2D eigenvalue weighted by Crippen LogP contribution is 2.17. The van der Waals surface area contributed by atoms with Crippen molar-refractivity contribution in [2.45, 2.75) is 24.3 Å². The maximum atomic E-state index is 12.2. The smallest absolute Gasteiger partial charge is 0.282 e. The number of primary amides is 1. The minimum Gasteiger partial charge on any atom is -0.380 e. The van der Waals surface area contributed by atoms with Crippen LogP contribution in [0.25, 0.3) is 0 Å². The van der Waals surface area contributed by atoms with Crippen LogP contribution in [0.3, 0.4) is 0 Å². The molecule has 9 nitrogen and oxygen atoms in total. The van der Waals surface area contributed by atoms with Crippen LogP contribution in [0.2, 0.25) is 0 Å². The normalized spacial score (nSPS) is 27.8. The van der Waals surface area contributed by atoms with Crippen molar-refractivity contribution in [3.8, 4) is 6.07 Å². The predicted octanol–water partition coefficient (Wildman–Crippen LogP) is -0.670. The van der Waals surface area contributed by atoms with Gasteiger partial charge in [-0.2, -0.15) is 5.26 Å². The number of aliphatic imine (C=N–C) groups is 1. The molecule has 136 valence electrons. The molecule has 1 unspecified atom stereocenters. The second-order valence-electron chi connectivity index (χ2n) is 6.15. The number of allylic oxidation sites excluding steroid dienone is 1. The van der Waals surface area contributed by atoms with Crippen molar-refractivity contribution in [2.75, 3.05) is 18.5 Å². The van der Waals surface area contributed by atoms with E-state index in [1.165, 1.54) is 6.21 Å². The van der Waals surface area contributed by atoms with Gasteiger partial charge in [0, 0.05) is 30.6 Å². The zero-order valence-electron chi connectivity index (χ0n) is 14.1. The Morgan fingerprint density at radius 3 is 2.85 bits per heavy atom. The quantitative estimate of drug-likeness (QED) is 0.470. The zero-order valence-corrected chi connectivity index (χ0v) is 14.1. The van der Waals surface area contributed by atoms with Gasteiger partial charge in [0.05, 0.1) is 18.2 Å². The van der Waals surface area contributed by atoms with Crippen LogP contribution >= 0.6 is 0 Å². The summed E-state index contributed by atoms with van der Waals surface area (Å²) in [5.41, 5.74) is 13.0. The molecule has 0 aromatic heterocycles. The average molecular weight is 355 g/mol. The molecule has 1 amide bonds. The SMILES string of the molecule is N#Cc1ccc(NC2=CC=NC(N[C@@H]3CCOC[C@@H]3N)(C(N)=O)N2)cc1. The summed E-state index contributed by atoms with van der Waals surface area (Å²) in [6.07, 6.45) is 3.84. The summed E-state index contributed by atoms with van der Waals surface area (Å²) >= 11 is 0. The van der Waals surface area contributed by atoms with Crippen molar-refractivity contribution in [3.05, 3.63) is 41.7 Å². The topological polar surface area (TPSA) is 151 Å². The summed E-state index contributed by atoms with van der Waals surface area (Å²) in [5.74, 6) is -1.63. The van der Waals surface area contributed by atoms with E-state index in [0.717, 1.165) is 5.69 Å². The monoisotopic (exact) mass is 355 g/mol. The van der Waals surface area contributed by atoms with Gasteiger partial charge in [-0.1, -0.05) is 0 Å². The molecule has 1 aromatic carbocycles. The van der Waals surface area contributed by atoms with Crippen LogP contribution < -0.4 is 27.4 Å². The molecule has 3 rings (SSSR count). The molecule has 0 radical (unpaired) electrons. The lowest BCUT2D eigenvalue weighted by Gasteiger charge is -2.39. The fraction of sp³-hybridized carbons (Fsp3) is 0.353. The molecular weight excluding hydrogens is 334 g/mol. The number of carbonyl (C=O) groups excluding carboxylic acids is 1. The highest BCUT2D eigenvalue weighted by molar-refractivity contribution is 5.89. The van der Waals surface area contributed by atoms with Gasteiger partial charge in [-0.25, -0.2) is 4.99 Å². The highest BCUT2D eigenvalue weighted by Gasteiger charge is 2.41. The molecule has 9 heteroatoms. The van der Waals surface area contributed by atoms with E-state index >= 15 is 0 Å². The Morgan fingerprint density at radius 1 is 1.42 bits per heavy atom. The largest absolute Gasteiger partial charge is 0.380 e. The Balaban J connectivity index is 1.74. The number of carbonyl (C=O) groups is 1. The summed E-state index contributed by atoms with van der Waals surface area (Å²) < 4.78 is 5.33. The minimum atomic E-state index is -1.50. The number of nitrogens with zero attached hydrogens (tertiary/aromatic N) is 2. The van der Waals surface area contributed by atoms with Gasteiger partial charge in [0.2, 0.25) is 0 Å². The van der Waals surface area contributed by atoms with E-state index in [1.807, 2.05) is 0 Å². The number of ether oxygens (including phenoxy) is 1. The van der Waals surface area contributed by atoms with Gasteiger partial charge in [0.15, 0.2) is 0 Å². The average Bonchev–Trinajstić information content (AvgIpc) is 2.64. The molecule has 0 aliphatic carbocycles. The highest BCUT2D eigenvalue weighted by atomic mass is 16.5. The van der Waals surface area contributed by atoms with E-state index < -0.39 is 11.7 Å². The molecular formula is C17H21N7O2. The number of nitrogens with one attached hydrogen (secondary N) is 3. The van der Waals surface area contributed by atoms with Crippen LogP contribution in [-0.2, 0) is 9.53 Å². The Hall–Kier alpha value is -2.93. The van der Waals surface area contributed by atoms with Gasteiger partial charge >= 0.3 is 0 Å². The Morgan fingerprint density at radius 2 is 2.19 bits per heavy atom. The molecule has 2 heterocycles. The molecule has 0 bridgehead atoms. The number of nitrogens with two attached hydrogens (primary N) is 2. The standard InChI is InChI=1S/C17H21N7O2/c18-9-11-1-3-12(4-2-11)22-15-5-7-21-17(24-15,16(20)25)23-14-6-8-26-10-13(14)19/h1-5,7,13-14,22-24H,6,8,10,19H2,(H2,20,25)/t13-,14+,17?/m0/s1. The predicted molar refractivity (Wildman–Crippen MR) is 96.8 cm³/mol. The van der Waals surface area contributed by atoms with E-state index in [-0.39, 0.29) is 12.1 Å². The van der Waals surface area contributed by atoms with Gasteiger partial charge in [-0.3, -0.25) is 10.1 Å². The lowest BCUT2D eigenvalue weighted by Crippen LogP contribution is -2.70. The van der Waals surface area contributed by atoms with Crippen LogP contribution in [0, 0.1) is 11.3 Å². The number of hydrogen-bond donors (Lipinski definition) is 5. The minimum absolute atomic E-state index is 0.171. The van der Waals surface area contributed by atoms with Crippen molar-refractivity contribution in [1.82, 2.24) is 10.6 Å². The number of anilines is 1. The molecule has 1 aromatic rings. The number of amides is 1. The molecule has 1 fully saturated rings. The second kappa shape index (κ2) is 7.53. The third kappa shape index (κ3) is 3.83. The molecule has 2 aliphatic rings. The lowest BCUT2D eigenvalue weighted by atomic mass is 10.0. The molecule has 3 atom stereocenters. The molecule has 0 spiro atoms. The first kappa shape index (κ1) is 17.9. The number of nitriles is 1. The van der Waals surface area contributed by atoms with Crippen LogP contribution in [-0.4, -0.2) is 43.2 Å². The van der Waals surface area contributed by atoms with Crippen LogP contribution in [0.5, 0.6) is 0 Å². The summed E-state index contributed by atoms with van der Waals surface area (Å²) in [5, 5.41) is 18.2. The summed E-state index contributed by atoms with van der Waals surface area (Å²) in [4.78, 5) is 16.4. The maximum absolute atomic E-state index is 12.2. The third-order valence-electron chi connectivity index (χ3n) is 4.27. The van der Waals surface area contributed by atoms with Gasteiger partial charge in [0.1, 0.15) is 5.82 Å². The van der Waals surface area contributed by atoms with Crippen molar-refractivity contribution in [3.63, 3.8) is 0 Å². The summed E-state index contributed by atoms with van der Waals surface area (Å²) in [6.45, 7) is 0.957. The number of benzene rings is 1. The lowest BCUT2D eigenvalue weighted by molar-refractivity contribution is -0.126. The van der Waals surface area contributed by atoms with Crippen molar-refractivity contribution >= 4 is 17.8 Å². The van der Waals surface area contributed by atoms with E-state index in [2.05, 4.69) is 27.0 Å². The van der Waals surface area contributed by atoms with Crippen molar-refractivity contribution in [2.24, 2.45) is 16.5 Å². The van der Waals surface area contributed by atoms with Gasteiger partial charge in [0.25, 0.3) is 11.7 Å². The fourth-order valence-electron chi connectivity index (χ4n) is 2.83. The summed E-state index contributed by atoms with van der Waals surface area (Å²) in [6, 6.07) is 8.54. The van der Waals surface area contributed by atoms with E-state index in [1.54, 1.807) is 30.3 Å². The first-order chi connectivity index (χ1) is 12.5. The molecule has 7 N–H and O–H groups in total. The van der Waals surface area contributed by atoms with Crippen LogP contribution in [0.15, 0.2) is 41.2 Å². The fourth-order valence-corrected chi connectivity index (χ4v) is 2.83. The maximum Gasteiger partial charge on any atom is 0.282 e. The van der Waals surface area contributed by atoms with E-state index in [0.29, 0.717) is 31.0 Å². The molecule has 0 saturated carbocycles. The van der Waals surface area contributed by atoms with Crippen LogP contribution in [0.1, 0.15) is 12.0 Å². The Kier molecular flexibility index (Phi) is 5.18. The molecule has 2 aliphatic heterocycles. The van der Waals surface area contributed by atoms with Gasteiger partial charge in [-0.15, -0.1) is 0 Å². The van der Waals surface area contributed by atoms with Crippen LogP contribution in [0.4, 0.5) is 5.69 Å². The first-order valence-electron chi connectivity index (χ1n) is 8.24. The van der Waals surface area contributed by atoms with E-state index in [4.69, 9.17) is 21.5 Å². The molecule has 26 heavy (non-hydrogen) atoms. The van der Waals surface area contributed by atoms with Gasteiger partial charge < -0.3 is 26.8 Å². The zero-order chi connectivity index (χ0) is 18.6. The Bertz CT molecular complexity index is 768. The number of hydrogen-bond acceptors (Lipinski definition) is 8. The first-order valence-corrected chi connectivity index (χ1v) is 8.24.